The van der Waals surface area contributed by atoms with Crippen molar-refractivity contribution in [1.82, 2.24) is 10.2 Å². The number of alkyl halides is 3. The number of halogens is 3. The van der Waals surface area contributed by atoms with Gasteiger partial charge in [0.15, 0.2) is 0 Å². The van der Waals surface area contributed by atoms with Crippen LogP contribution in [0.5, 0.6) is 0 Å². The summed E-state index contributed by atoms with van der Waals surface area (Å²) in [4.78, 5) is 28.7. The molecule has 0 unspecified atom stereocenters. The zero-order chi connectivity index (χ0) is 25.0. The summed E-state index contributed by atoms with van der Waals surface area (Å²) in [5.74, 6) is -1.33. The van der Waals surface area contributed by atoms with Crippen molar-refractivity contribution in [3.05, 3.63) is 107 Å². The highest BCUT2D eigenvalue weighted by molar-refractivity contribution is 6.01. The zero-order valence-electron chi connectivity index (χ0n) is 19.1. The number of hydrogen-bond acceptors (Lipinski definition) is 3. The second kappa shape index (κ2) is 10.3. The molecule has 0 spiro atoms. The van der Waals surface area contributed by atoms with Gasteiger partial charge in [0.25, 0.3) is 5.91 Å². The Hall–Kier alpha value is -3.65. The highest BCUT2D eigenvalue weighted by atomic mass is 19.4. The van der Waals surface area contributed by atoms with E-state index in [1.807, 2.05) is 30.3 Å². The van der Waals surface area contributed by atoms with E-state index < -0.39 is 23.7 Å². The Kier molecular flexibility index (Phi) is 7.21. The van der Waals surface area contributed by atoms with Crippen LogP contribution in [-0.4, -0.2) is 37.0 Å². The summed E-state index contributed by atoms with van der Waals surface area (Å²) in [7, 11) is 1.54. The minimum Gasteiger partial charge on any atom is -0.383 e. The Balaban J connectivity index is 1.70. The van der Waals surface area contributed by atoms with Gasteiger partial charge in [-0.15, -0.1) is 0 Å². The highest BCUT2D eigenvalue weighted by Gasteiger charge is 2.43. The van der Waals surface area contributed by atoms with Crippen molar-refractivity contribution < 1.29 is 27.5 Å². The standard InChI is InChI=1S/C27H25F3N2O3/c1-35-15-14-32-24(19-9-3-2-4-10-19)23(21-12-5-6-13-22(21)26(32)34)25(33)31-17-18-8-7-11-20(16-18)27(28,29)30/h2-13,16,23-24H,14-15,17H2,1H3,(H,31,33)/t23-,24+/m1/s1. The van der Waals surface area contributed by atoms with Crippen LogP contribution in [-0.2, 0) is 22.3 Å². The van der Waals surface area contributed by atoms with Gasteiger partial charge in [-0.3, -0.25) is 9.59 Å². The summed E-state index contributed by atoms with van der Waals surface area (Å²) < 4.78 is 44.5. The molecule has 8 heteroatoms. The monoisotopic (exact) mass is 482 g/mol. The van der Waals surface area contributed by atoms with Crippen LogP contribution in [0.1, 0.15) is 44.6 Å². The van der Waals surface area contributed by atoms with Crippen molar-refractivity contribution in [2.75, 3.05) is 20.3 Å². The Morgan fingerprint density at radius 2 is 1.71 bits per heavy atom. The third-order valence-electron chi connectivity index (χ3n) is 6.12. The number of methoxy groups -OCH3 is 1. The normalized spacial score (nSPS) is 17.7. The van der Waals surface area contributed by atoms with E-state index in [0.717, 1.165) is 17.7 Å². The molecular weight excluding hydrogens is 457 g/mol. The molecule has 2 amide bonds. The van der Waals surface area contributed by atoms with Gasteiger partial charge in [0, 0.05) is 25.8 Å². The first-order chi connectivity index (χ1) is 16.8. The molecule has 0 saturated carbocycles. The number of carbonyl (C=O) groups is 2. The molecule has 4 rings (SSSR count). The summed E-state index contributed by atoms with van der Waals surface area (Å²) in [5, 5.41) is 2.80. The smallest absolute Gasteiger partial charge is 0.383 e. The van der Waals surface area contributed by atoms with Gasteiger partial charge in [-0.25, -0.2) is 0 Å². The average molecular weight is 483 g/mol. The average Bonchev–Trinajstić information content (AvgIpc) is 2.87. The molecule has 0 aromatic heterocycles. The van der Waals surface area contributed by atoms with Crippen molar-refractivity contribution in [2.45, 2.75) is 24.7 Å². The third kappa shape index (κ3) is 5.22. The molecule has 0 radical (unpaired) electrons. The van der Waals surface area contributed by atoms with E-state index >= 15 is 0 Å². The summed E-state index contributed by atoms with van der Waals surface area (Å²) >= 11 is 0. The first-order valence-corrected chi connectivity index (χ1v) is 11.2. The fourth-order valence-corrected chi connectivity index (χ4v) is 4.49. The fourth-order valence-electron chi connectivity index (χ4n) is 4.49. The van der Waals surface area contributed by atoms with E-state index in [9.17, 15) is 22.8 Å². The van der Waals surface area contributed by atoms with E-state index in [-0.39, 0.29) is 31.5 Å². The van der Waals surface area contributed by atoms with E-state index in [0.29, 0.717) is 16.7 Å². The van der Waals surface area contributed by atoms with E-state index in [1.54, 1.807) is 36.3 Å². The van der Waals surface area contributed by atoms with Gasteiger partial charge < -0.3 is 15.0 Å². The van der Waals surface area contributed by atoms with Crippen LogP contribution < -0.4 is 5.32 Å². The quantitative estimate of drug-likeness (QED) is 0.519. The predicted molar refractivity (Wildman–Crippen MR) is 125 cm³/mol. The van der Waals surface area contributed by atoms with Gasteiger partial charge in [0.05, 0.1) is 24.1 Å². The van der Waals surface area contributed by atoms with Gasteiger partial charge in [0.2, 0.25) is 5.91 Å². The van der Waals surface area contributed by atoms with Crippen LogP contribution in [0.3, 0.4) is 0 Å². The lowest BCUT2D eigenvalue weighted by Gasteiger charge is -2.41. The van der Waals surface area contributed by atoms with Crippen LogP contribution in [0.2, 0.25) is 0 Å². The second-order valence-corrected chi connectivity index (χ2v) is 8.33. The fraction of sp³-hybridized carbons (Fsp3) is 0.259. The maximum Gasteiger partial charge on any atom is 0.416 e. The Morgan fingerprint density at radius 1 is 1.00 bits per heavy atom. The van der Waals surface area contributed by atoms with Crippen LogP contribution in [0, 0.1) is 0 Å². The molecule has 0 aliphatic carbocycles. The van der Waals surface area contributed by atoms with Gasteiger partial charge in [-0.2, -0.15) is 13.2 Å². The molecule has 1 N–H and O–H groups in total. The molecule has 1 aliphatic heterocycles. The maximum atomic E-state index is 13.6. The van der Waals surface area contributed by atoms with E-state index in [1.165, 1.54) is 12.1 Å². The molecule has 0 bridgehead atoms. The third-order valence-corrected chi connectivity index (χ3v) is 6.12. The van der Waals surface area contributed by atoms with Crippen LogP contribution in [0.4, 0.5) is 13.2 Å². The molecule has 0 fully saturated rings. The number of benzene rings is 3. The number of rotatable bonds is 7. The molecule has 1 heterocycles. The molecule has 0 saturated heterocycles. The molecule has 35 heavy (non-hydrogen) atoms. The Labute approximate surface area is 201 Å². The topological polar surface area (TPSA) is 58.6 Å². The van der Waals surface area contributed by atoms with Crippen LogP contribution >= 0.6 is 0 Å². The second-order valence-electron chi connectivity index (χ2n) is 8.33. The number of nitrogens with zero attached hydrogens (tertiary/aromatic N) is 1. The lowest BCUT2D eigenvalue weighted by molar-refractivity contribution is -0.137. The van der Waals surface area contributed by atoms with Crippen molar-refractivity contribution in [1.29, 1.82) is 0 Å². The van der Waals surface area contributed by atoms with Gasteiger partial charge in [-0.1, -0.05) is 60.7 Å². The van der Waals surface area contributed by atoms with Crippen molar-refractivity contribution >= 4 is 11.8 Å². The van der Waals surface area contributed by atoms with E-state index in [2.05, 4.69) is 5.32 Å². The minimum atomic E-state index is -4.47. The molecule has 3 aromatic carbocycles. The van der Waals surface area contributed by atoms with Gasteiger partial charge in [-0.05, 0) is 34.9 Å². The lowest BCUT2D eigenvalue weighted by atomic mass is 9.79. The molecule has 2 atom stereocenters. The molecule has 5 nitrogen and oxygen atoms in total. The molecule has 182 valence electrons. The maximum absolute atomic E-state index is 13.6. The van der Waals surface area contributed by atoms with Crippen molar-refractivity contribution in [2.24, 2.45) is 0 Å². The minimum absolute atomic E-state index is 0.0745. The SMILES string of the molecule is COCCN1C(=O)c2ccccc2[C@@H](C(=O)NCc2cccc(C(F)(F)F)c2)[C@@H]1c1ccccc1. The number of fused-ring (bicyclic) bond motifs is 1. The van der Waals surface area contributed by atoms with Gasteiger partial charge >= 0.3 is 6.18 Å². The van der Waals surface area contributed by atoms with Crippen LogP contribution in [0.25, 0.3) is 0 Å². The number of nitrogens with one attached hydrogen (secondary N) is 1. The summed E-state index contributed by atoms with van der Waals surface area (Å²) in [6.45, 7) is 0.491. The number of hydrogen-bond donors (Lipinski definition) is 1. The largest absolute Gasteiger partial charge is 0.416 e. The zero-order valence-corrected chi connectivity index (χ0v) is 19.1. The summed E-state index contributed by atoms with van der Waals surface area (Å²) in [6, 6.07) is 20.5. The summed E-state index contributed by atoms with van der Waals surface area (Å²) in [5.41, 5.74) is 1.36. The Bertz CT molecular complexity index is 1200. The van der Waals surface area contributed by atoms with Crippen molar-refractivity contribution in [3.8, 4) is 0 Å². The predicted octanol–water partition coefficient (Wildman–Crippen LogP) is 4.95. The first kappa shape index (κ1) is 24.5. The van der Waals surface area contributed by atoms with E-state index in [4.69, 9.17) is 4.74 Å². The van der Waals surface area contributed by atoms with Crippen molar-refractivity contribution in [3.63, 3.8) is 0 Å². The molecule has 1 aliphatic rings. The number of amides is 2. The van der Waals surface area contributed by atoms with Gasteiger partial charge in [0.1, 0.15) is 0 Å². The van der Waals surface area contributed by atoms with Crippen LogP contribution in [0.15, 0.2) is 78.9 Å². The molecule has 3 aromatic rings. The highest BCUT2D eigenvalue weighted by Crippen LogP contribution is 2.42. The summed E-state index contributed by atoms with van der Waals surface area (Å²) in [6.07, 6.45) is -4.47. The molecular formula is C27H25F3N2O3. The number of carbonyl (C=O) groups excluding carboxylic acids is 2. The first-order valence-electron chi connectivity index (χ1n) is 11.2. The number of ether oxygens (including phenoxy) is 1. The lowest BCUT2D eigenvalue weighted by Crippen LogP contribution is -2.48. The Morgan fingerprint density at radius 3 is 2.43 bits per heavy atom.